The van der Waals surface area contributed by atoms with Crippen LogP contribution < -0.4 is 0 Å². The van der Waals surface area contributed by atoms with E-state index in [9.17, 15) is 0 Å². The lowest BCUT2D eigenvalue weighted by Gasteiger charge is -2.32. The summed E-state index contributed by atoms with van der Waals surface area (Å²) in [6.07, 6.45) is 42.1. The molecule has 8 saturated carbocycles. The van der Waals surface area contributed by atoms with Crippen LogP contribution >= 0.6 is 0 Å². The summed E-state index contributed by atoms with van der Waals surface area (Å²) in [6, 6.07) is 0. The summed E-state index contributed by atoms with van der Waals surface area (Å²) in [4.78, 5) is 0. The molecule has 0 radical (unpaired) electrons. The number of rotatable bonds is 1. The van der Waals surface area contributed by atoms with Gasteiger partial charge in [-0.15, -0.1) is 0 Å². The first-order valence-corrected chi connectivity index (χ1v) is 40.1. The van der Waals surface area contributed by atoms with Gasteiger partial charge in [-0.3, -0.25) is 0 Å². The fourth-order valence-electron chi connectivity index (χ4n) is 12.3. The van der Waals surface area contributed by atoms with Gasteiger partial charge in [0.25, 0.3) is 0 Å². The quantitative estimate of drug-likeness (QED) is 0.245. The van der Waals surface area contributed by atoms with E-state index in [-0.39, 0.29) is 0 Å². The van der Waals surface area contributed by atoms with Crippen molar-refractivity contribution in [3.05, 3.63) is 0 Å². The van der Waals surface area contributed by atoms with Crippen molar-refractivity contribution in [1.29, 1.82) is 0 Å². The molecule has 8 aliphatic carbocycles. The maximum atomic E-state index is 2.40. The van der Waals surface area contributed by atoms with Crippen molar-refractivity contribution in [2.45, 2.75) is 456 Å². The molecule has 0 N–H and O–H groups in total. The molecule has 0 aromatic carbocycles. The second-order valence-electron chi connectivity index (χ2n) is 38.3. The summed E-state index contributed by atoms with van der Waals surface area (Å²) in [7, 11) is 0. The van der Waals surface area contributed by atoms with Crippen molar-refractivity contribution < 1.29 is 0 Å². The van der Waals surface area contributed by atoms with Crippen LogP contribution in [0.15, 0.2) is 0 Å². The summed E-state index contributed by atoms with van der Waals surface area (Å²) in [5, 5.41) is 0. The van der Waals surface area contributed by atoms with Gasteiger partial charge in [-0.1, -0.05) is 411 Å². The van der Waals surface area contributed by atoms with Crippen LogP contribution in [-0.4, -0.2) is 0 Å². The van der Waals surface area contributed by atoms with Gasteiger partial charge < -0.3 is 0 Å². The third-order valence-corrected chi connectivity index (χ3v) is 22.8. The van der Waals surface area contributed by atoms with Crippen molar-refractivity contribution in [3.8, 4) is 0 Å². The van der Waals surface area contributed by atoms with Crippen LogP contribution in [0.5, 0.6) is 0 Å². The van der Waals surface area contributed by atoms with Gasteiger partial charge in [0.05, 0.1) is 0 Å². The molecule has 0 spiro atoms. The summed E-state index contributed by atoms with van der Waals surface area (Å²) < 4.78 is 0. The Balaban J connectivity index is -0.000000209. The van der Waals surface area contributed by atoms with Crippen LogP contribution in [0.1, 0.15) is 456 Å². The first-order chi connectivity index (χ1) is 40.1. The molecular formula is C88H188. The minimum atomic E-state index is 0.500. The molecule has 8 aliphatic rings. The molecule has 0 heteroatoms. The van der Waals surface area contributed by atoms with Crippen molar-refractivity contribution in [2.75, 3.05) is 0 Å². The molecule has 0 aromatic heterocycles. The molecule has 7 atom stereocenters. The highest BCUT2D eigenvalue weighted by Crippen LogP contribution is 2.53. The Kier molecular flexibility index (Phi) is 59.9. The zero-order chi connectivity index (χ0) is 70.5. The van der Waals surface area contributed by atoms with E-state index in [2.05, 4.69) is 242 Å². The molecule has 0 nitrogen and oxygen atoms in total. The highest BCUT2D eigenvalue weighted by atomic mass is 14.5. The largest absolute Gasteiger partial charge is 0.0683 e. The van der Waals surface area contributed by atoms with E-state index in [1.165, 1.54) is 186 Å². The van der Waals surface area contributed by atoms with E-state index in [0.717, 1.165) is 76.9 Å². The monoisotopic (exact) mass is 1250 g/mol. The maximum absolute atomic E-state index is 2.40. The van der Waals surface area contributed by atoms with Crippen LogP contribution in [0.25, 0.3) is 0 Å². The molecule has 3 unspecified atom stereocenters. The summed E-state index contributed by atoms with van der Waals surface area (Å²) >= 11 is 0. The predicted molar refractivity (Wildman–Crippen MR) is 418 cm³/mol. The van der Waals surface area contributed by atoms with Gasteiger partial charge in [-0.25, -0.2) is 0 Å². The minimum Gasteiger partial charge on any atom is -0.0683 e. The van der Waals surface area contributed by atoms with Crippen molar-refractivity contribution in [2.24, 2.45) is 115 Å². The zero-order valence-electron chi connectivity index (χ0n) is 70.5. The normalized spacial score (nSPS) is 27.2. The lowest BCUT2D eigenvalue weighted by atomic mass is 9.74. The standard InChI is InChI=1S/C10H20.2C9H18.2C8H16.2C7H14.C6H12.C6H14.2C5H12.C4H10.2C2H6/c1-8-9(2,3)6-7-10(8,4)5;1-7-5-6-9(3,4)8(7)2;1-8-4-6-9(2,3)7-5-8;1-7-5-4-6-8(7,2)3;1-7-5-3-4-6-8(7)2;1-6-4-3-5-7(6)2;1-7-5-3-2-4-6-7;1-6-4-2-3-5-6;1-5-6(2,3)4;1-5(2,3)4;1-4-5(2)3;1-4(2)3;2*1-2/h8H,6-7H2,1-5H3;7-8H,5-6H2,1-4H3;8H,4-7H2,1-3H3;7H,4-6H2,1-3H3;7-8H,3-6H2,1-2H3;6-7H,3-5H2,1-2H3;7H,2-6H2,1H3;6H,2-5H2,1H3;5H2,1-4H3;1-4H3;5H,4H2,1-3H3;4H,1-3H3;2*1-2H3/t;7?,8-;;7-;7-,8?;6-,7?;;;;;;;;/m.1.111......../s1. The Morgan fingerprint density at radius 2 is 0.614 bits per heavy atom. The second kappa shape index (κ2) is 53.2. The molecule has 0 saturated heterocycles. The van der Waals surface area contributed by atoms with E-state index in [4.69, 9.17) is 0 Å². The minimum absolute atomic E-state index is 0.500. The van der Waals surface area contributed by atoms with E-state index in [1.54, 1.807) is 0 Å². The molecular weight excluding hydrogens is 1060 g/mol. The van der Waals surface area contributed by atoms with Crippen LogP contribution in [0.3, 0.4) is 0 Å². The molecule has 8 fully saturated rings. The summed E-state index contributed by atoms with van der Waals surface area (Å²) in [5.74, 6) is 12.6. The van der Waals surface area contributed by atoms with E-state index >= 15 is 0 Å². The molecule has 0 amide bonds. The van der Waals surface area contributed by atoms with E-state index < -0.39 is 0 Å². The van der Waals surface area contributed by atoms with Crippen LogP contribution in [0.4, 0.5) is 0 Å². The first-order valence-electron chi connectivity index (χ1n) is 40.1. The topological polar surface area (TPSA) is 0 Å². The Labute approximate surface area is 568 Å². The SMILES string of the molecule is CC.CC.CC(C)(C)C.CC(C)C.CC1C(C)(C)CCC1(C)C.CC1CCC(C)(C)CC1.CC1CCC(C)(C)[C@@H]1C.CC1CCCC1.CC1CCCCC1.CC1CCCC[C@H]1C.CC1CCC[C@H]1C.CCC(C)(C)C.CCC(C)C.C[C@@H]1CCCC1(C)C. The van der Waals surface area contributed by atoms with Gasteiger partial charge >= 0.3 is 0 Å². The smallest absolute Gasteiger partial charge is 0.0323 e. The molecule has 8 rings (SSSR count). The summed E-state index contributed by atoms with van der Waals surface area (Å²) in [5.41, 5.74) is 4.15. The van der Waals surface area contributed by atoms with Crippen LogP contribution in [0, 0.1) is 115 Å². The lowest BCUT2D eigenvalue weighted by Crippen LogP contribution is -2.24. The van der Waals surface area contributed by atoms with Crippen LogP contribution in [0.2, 0.25) is 0 Å². The Bertz CT molecular complexity index is 1380. The second-order valence-corrected chi connectivity index (χ2v) is 38.3. The van der Waals surface area contributed by atoms with Crippen molar-refractivity contribution in [3.63, 3.8) is 0 Å². The lowest BCUT2D eigenvalue weighted by molar-refractivity contribution is 0.179. The Hall–Kier alpha value is 0. The Morgan fingerprint density at radius 1 is 0.330 bits per heavy atom. The third-order valence-electron chi connectivity index (χ3n) is 22.8. The van der Waals surface area contributed by atoms with Crippen molar-refractivity contribution >= 4 is 0 Å². The van der Waals surface area contributed by atoms with Gasteiger partial charge in [0, 0.05) is 0 Å². The molecule has 0 bridgehead atoms. The Morgan fingerprint density at radius 3 is 0.739 bits per heavy atom. The van der Waals surface area contributed by atoms with Crippen LogP contribution in [-0.2, 0) is 0 Å². The van der Waals surface area contributed by atoms with Gasteiger partial charge in [0.1, 0.15) is 0 Å². The molecule has 540 valence electrons. The molecule has 0 aliphatic heterocycles. The fourth-order valence-corrected chi connectivity index (χ4v) is 12.3. The first kappa shape index (κ1) is 99.1. The number of hydrogen-bond donors (Lipinski definition) is 0. The average molecular weight is 1250 g/mol. The average Bonchev–Trinajstić information content (AvgIpc) is 4.36. The van der Waals surface area contributed by atoms with Gasteiger partial charge in [-0.05, 0) is 160 Å². The fraction of sp³-hybridized carbons (Fsp3) is 1.00. The zero-order valence-corrected chi connectivity index (χ0v) is 70.5. The van der Waals surface area contributed by atoms with E-state index in [0.29, 0.717) is 37.9 Å². The molecule has 88 heavy (non-hydrogen) atoms. The van der Waals surface area contributed by atoms with E-state index in [1.807, 2.05) is 27.7 Å². The van der Waals surface area contributed by atoms with Crippen molar-refractivity contribution in [1.82, 2.24) is 0 Å². The highest BCUT2D eigenvalue weighted by molar-refractivity contribution is 4.93. The van der Waals surface area contributed by atoms with Gasteiger partial charge in [0.15, 0.2) is 0 Å². The predicted octanol–water partition coefficient (Wildman–Crippen LogP) is 32.9. The molecule has 0 aromatic rings. The number of hydrogen-bond acceptors (Lipinski definition) is 0. The highest BCUT2D eigenvalue weighted by Gasteiger charge is 2.43. The maximum Gasteiger partial charge on any atom is -0.0323 e. The molecule has 0 heterocycles. The van der Waals surface area contributed by atoms with Gasteiger partial charge in [0.2, 0.25) is 0 Å². The third kappa shape index (κ3) is 60.9. The summed E-state index contributed by atoms with van der Waals surface area (Å²) in [6.45, 7) is 88.8. The van der Waals surface area contributed by atoms with Gasteiger partial charge in [-0.2, -0.15) is 0 Å².